The van der Waals surface area contributed by atoms with Gasteiger partial charge in [-0.05, 0) is 42.2 Å². The molecule has 0 aliphatic carbocycles. The van der Waals surface area contributed by atoms with Crippen LogP contribution < -0.4 is 10.5 Å². The Balaban J connectivity index is 2.16. The van der Waals surface area contributed by atoms with Crippen LogP contribution in [0.2, 0.25) is 0 Å². The predicted molar refractivity (Wildman–Crippen MR) is 103 cm³/mol. The molecule has 0 saturated heterocycles. The summed E-state index contributed by atoms with van der Waals surface area (Å²) in [6.45, 7) is 0. The summed E-state index contributed by atoms with van der Waals surface area (Å²) < 4.78 is 5.28. The first-order chi connectivity index (χ1) is 12.2. The highest BCUT2D eigenvalue weighted by molar-refractivity contribution is 7.98. The first kappa shape index (κ1) is 16.9. The Morgan fingerprint density at radius 3 is 2.48 bits per heavy atom. The van der Waals surface area contributed by atoms with Gasteiger partial charge in [-0.15, -0.1) is 11.8 Å². The first-order valence-corrected chi connectivity index (χ1v) is 8.88. The largest absolute Gasteiger partial charge is 0.497 e. The van der Waals surface area contributed by atoms with Crippen LogP contribution in [0.4, 0.5) is 5.82 Å². The zero-order valence-electron chi connectivity index (χ0n) is 14.0. The van der Waals surface area contributed by atoms with Crippen molar-refractivity contribution >= 4 is 17.6 Å². The molecule has 1 heterocycles. The molecule has 0 bridgehead atoms. The smallest absolute Gasteiger partial charge is 0.142 e. The number of pyridine rings is 1. The van der Waals surface area contributed by atoms with Crippen LogP contribution in [0.1, 0.15) is 5.56 Å². The molecule has 2 N–H and O–H groups in total. The number of nitriles is 1. The van der Waals surface area contributed by atoms with Crippen molar-refractivity contribution in [3.63, 3.8) is 0 Å². The van der Waals surface area contributed by atoms with E-state index in [9.17, 15) is 5.26 Å². The van der Waals surface area contributed by atoms with Crippen LogP contribution in [0.3, 0.4) is 0 Å². The fourth-order valence-corrected chi connectivity index (χ4v) is 3.02. The van der Waals surface area contributed by atoms with E-state index >= 15 is 0 Å². The van der Waals surface area contributed by atoms with E-state index in [2.05, 4.69) is 11.1 Å². The number of hydrogen-bond donors (Lipinski definition) is 1. The van der Waals surface area contributed by atoms with E-state index in [1.165, 1.54) is 0 Å². The first-order valence-electron chi connectivity index (χ1n) is 7.65. The van der Waals surface area contributed by atoms with Crippen LogP contribution in [0.15, 0.2) is 59.5 Å². The number of nitrogen functional groups attached to an aromatic ring is 1. The van der Waals surface area contributed by atoms with Gasteiger partial charge >= 0.3 is 0 Å². The zero-order chi connectivity index (χ0) is 17.8. The second kappa shape index (κ2) is 7.29. The average molecular weight is 347 g/mol. The van der Waals surface area contributed by atoms with Gasteiger partial charge in [-0.25, -0.2) is 4.98 Å². The molecule has 0 spiro atoms. The van der Waals surface area contributed by atoms with E-state index < -0.39 is 0 Å². The van der Waals surface area contributed by atoms with Crippen LogP contribution >= 0.6 is 11.8 Å². The summed E-state index contributed by atoms with van der Waals surface area (Å²) in [5, 5.41) is 9.51. The minimum atomic E-state index is 0.228. The van der Waals surface area contributed by atoms with E-state index in [-0.39, 0.29) is 5.82 Å². The number of hydrogen-bond acceptors (Lipinski definition) is 5. The molecule has 2 aromatic carbocycles. The van der Waals surface area contributed by atoms with Crippen LogP contribution in [-0.4, -0.2) is 18.3 Å². The molecule has 25 heavy (non-hydrogen) atoms. The summed E-state index contributed by atoms with van der Waals surface area (Å²) in [4.78, 5) is 5.57. The Morgan fingerprint density at radius 2 is 1.84 bits per heavy atom. The molecule has 0 amide bonds. The second-order valence-corrected chi connectivity index (χ2v) is 6.27. The van der Waals surface area contributed by atoms with Gasteiger partial charge in [0.1, 0.15) is 23.2 Å². The van der Waals surface area contributed by atoms with Crippen molar-refractivity contribution in [3.8, 4) is 34.2 Å². The highest BCUT2D eigenvalue weighted by Crippen LogP contribution is 2.33. The molecular weight excluding hydrogens is 330 g/mol. The lowest BCUT2D eigenvalue weighted by Gasteiger charge is -2.11. The maximum absolute atomic E-state index is 9.51. The van der Waals surface area contributed by atoms with Crippen molar-refractivity contribution in [2.24, 2.45) is 0 Å². The van der Waals surface area contributed by atoms with Gasteiger partial charge in [-0.1, -0.05) is 24.3 Å². The van der Waals surface area contributed by atoms with Crippen molar-refractivity contribution in [1.82, 2.24) is 4.98 Å². The summed E-state index contributed by atoms with van der Waals surface area (Å²) in [6, 6.07) is 19.7. The minimum absolute atomic E-state index is 0.228. The van der Waals surface area contributed by atoms with E-state index in [1.807, 2.05) is 60.9 Å². The molecule has 0 aliphatic heterocycles. The summed E-state index contributed by atoms with van der Waals surface area (Å²) in [5.74, 6) is 0.972. The van der Waals surface area contributed by atoms with Crippen LogP contribution in [0.25, 0.3) is 22.4 Å². The standard InChI is InChI=1S/C20H17N3OS/c1-24-15-5-3-4-14(10-15)19-11-17(18(12-21)20(22)23-19)13-6-8-16(25-2)9-7-13/h3-11H,1-2H3,(H2,22,23). The molecule has 4 nitrogen and oxygen atoms in total. The molecular formula is C20H17N3OS. The Kier molecular flexibility index (Phi) is 4.92. The molecule has 3 aromatic rings. The van der Waals surface area contributed by atoms with Gasteiger partial charge in [-0.2, -0.15) is 5.26 Å². The topological polar surface area (TPSA) is 71.9 Å². The lowest BCUT2D eigenvalue weighted by molar-refractivity contribution is 0.415. The molecule has 3 rings (SSSR count). The average Bonchev–Trinajstić information content (AvgIpc) is 2.67. The second-order valence-electron chi connectivity index (χ2n) is 5.39. The van der Waals surface area contributed by atoms with Crippen molar-refractivity contribution in [2.75, 3.05) is 19.1 Å². The van der Waals surface area contributed by atoms with Gasteiger partial charge in [0, 0.05) is 16.0 Å². The van der Waals surface area contributed by atoms with Crippen molar-refractivity contribution in [3.05, 3.63) is 60.2 Å². The molecule has 0 atom stereocenters. The highest BCUT2D eigenvalue weighted by atomic mass is 32.2. The third-order valence-corrected chi connectivity index (χ3v) is 4.67. The number of rotatable bonds is 4. The number of methoxy groups -OCH3 is 1. The summed E-state index contributed by atoms with van der Waals surface area (Å²) in [7, 11) is 1.62. The third-order valence-electron chi connectivity index (χ3n) is 3.93. The number of nitrogens with zero attached hydrogens (tertiary/aromatic N) is 2. The summed E-state index contributed by atoms with van der Waals surface area (Å²) in [6.07, 6.45) is 2.03. The number of thioether (sulfide) groups is 1. The molecule has 0 aliphatic rings. The number of anilines is 1. The monoisotopic (exact) mass is 347 g/mol. The SMILES string of the molecule is COc1cccc(-c2cc(-c3ccc(SC)cc3)c(C#N)c(N)n2)c1. The number of benzene rings is 2. The zero-order valence-corrected chi connectivity index (χ0v) is 14.8. The molecule has 0 saturated carbocycles. The Morgan fingerprint density at radius 1 is 1.08 bits per heavy atom. The van der Waals surface area contributed by atoms with E-state index in [4.69, 9.17) is 10.5 Å². The van der Waals surface area contributed by atoms with E-state index in [0.29, 0.717) is 11.3 Å². The molecule has 1 aromatic heterocycles. The fourth-order valence-electron chi connectivity index (χ4n) is 2.61. The Labute approximate surface area is 151 Å². The molecule has 0 unspecified atom stereocenters. The predicted octanol–water partition coefficient (Wildman–Crippen LogP) is 4.60. The summed E-state index contributed by atoms with van der Waals surface area (Å²) in [5.41, 5.74) is 9.77. The van der Waals surface area contributed by atoms with Gasteiger partial charge in [0.05, 0.1) is 12.8 Å². The van der Waals surface area contributed by atoms with Gasteiger partial charge < -0.3 is 10.5 Å². The molecule has 5 heteroatoms. The van der Waals surface area contributed by atoms with E-state index in [1.54, 1.807) is 18.9 Å². The van der Waals surface area contributed by atoms with Gasteiger partial charge in [-0.3, -0.25) is 0 Å². The number of ether oxygens (including phenoxy) is 1. The number of nitrogens with two attached hydrogens (primary N) is 1. The minimum Gasteiger partial charge on any atom is -0.497 e. The van der Waals surface area contributed by atoms with E-state index in [0.717, 1.165) is 27.3 Å². The van der Waals surface area contributed by atoms with Crippen molar-refractivity contribution < 1.29 is 4.74 Å². The maximum atomic E-state index is 9.51. The number of aromatic nitrogens is 1. The molecule has 0 fully saturated rings. The van der Waals surface area contributed by atoms with Gasteiger partial charge in [0.2, 0.25) is 0 Å². The summed E-state index contributed by atoms with van der Waals surface area (Å²) >= 11 is 1.67. The van der Waals surface area contributed by atoms with Crippen LogP contribution in [0, 0.1) is 11.3 Å². The normalized spacial score (nSPS) is 10.3. The van der Waals surface area contributed by atoms with Gasteiger partial charge in [0.25, 0.3) is 0 Å². The fraction of sp³-hybridized carbons (Fsp3) is 0.100. The quantitative estimate of drug-likeness (QED) is 0.698. The lowest BCUT2D eigenvalue weighted by Crippen LogP contribution is -2.00. The Bertz CT molecular complexity index is 946. The highest BCUT2D eigenvalue weighted by Gasteiger charge is 2.13. The Hall–Kier alpha value is -2.97. The maximum Gasteiger partial charge on any atom is 0.142 e. The van der Waals surface area contributed by atoms with Crippen LogP contribution in [-0.2, 0) is 0 Å². The van der Waals surface area contributed by atoms with Crippen molar-refractivity contribution in [1.29, 1.82) is 5.26 Å². The lowest BCUT2D eigenvalue weighted by atomic mass is 9.98. The van der Waals surface area contributed by atoms with Crippen LogP contribution in [0.5, 0.6) is 5.75 Å². The van der Waals surface area contributed by atoms with Gasteiger partial charge in [0.15, 0.2) is 0 Å². The van der Waals surface area contributed by atoms with Crippen molar-refractivity contribution in [2.45, 2.75) is 4.90 Å². The third kappa shape index (κ3) is 3.44. The molecule has 0 radical (unpaired) electrons. The molecule has 124 valence electrons.